The van der Waals surface area contributed by atoms with Crippen molar-refractivity contribution in [2.45, 2.75) is 13.3 Å². The van der Waals surface area contributed by atoms with E-state index in [4.69, 9.17) is 4.74 Å². The van der Waals surface area contributed by atoms with Crippen LogP contribution in [0.4, 0.5) is 0 Å². The minimum Gasteiger partial charge on any atom is -0.466 e. The maximum Gasteiger partial charge on any atom is 0.311 e. The predicted octanol–water partition coefficient (Wildman–Crippen LogP) is 1.64. The number of ether oxygens (including phenoxy) is 1. The minimum atomic E-state index is -0.263. The van der Waals surface area contributed by atoms with Gasteiger partial charge in [-0.1, -0.05) is 0 Å². The van der Waals surface area contributed by atoms with E-state index in [1.807, 2.05) is 0 Å². The summed E-state index contributed by atoms with van der Waals surface area (Å²) in [5, 5.41) is 0. The second-order valence-electron chi connectivity index (χ2n) is 3.05. The Kier molecular flexibility index (Phi) is 3.31. The number of aromatic nitrogens is 3. The fraction of sp³-hybridized carbons (Fsp3) is 0.300. The Hall–Kier alpha value is -1.69. The lowest BCUT2D eigenvalue weighted by Gasteiger charge is -2.00. The third-order valence-electron chi connectivity index (χ3n) is 1.97. The molecular weight excluding hydrogens is 226 g/mol. The van der Waals surface area contributed by atoms with Crippen molar-refractivity contribution in [1.82, 2.24) is 15.0 Å². The van der Waals surface area contributed by atoms with E-state index < -0.39 is 0 Å². The predicted molar refractivity (Wildman–Crippen MR) is 60.0 cm³/mol. The van der Waals surface area contributed by atoms with Gasteiger partial charge in [0, 0.05) is 12.4 Å². The van der Waals surface area contributed by atoms with Crippen molar-refractivity contribution in [3.05, 3.63) is 23.6 Å². The molecule has 0 atom stereocenters. The highest BCUT2D eigenvalue weighted by atomic mass is 32.1. The second-order valence-corrected chi connectivity index (χ2v) is 3.90. The molecule has 2 rings (SSSR count). The summed E-state index contributed by atoms with van der Waals surface area (Å²) >= 11 is 1.45. The number of hydrogen-bond acceptors (Lipinski definition) is 5. The first kappa shape index (κ1) is 10.8. The SMILES string of the molecule is CCOC(=O)Cc1ncsc1-c1ncc[nH]1. The van der Waals surface area contributed by atoms with Crippen LogP contribution in [0.2, 0.25) is 0 Å². The summed E-state index contributed by atoms with van der Waals surface area (Å²) in [7, 11) is 0. The molecule has 0 aliphatic rings. The summed E-state index contributed by atoms with van der Waals surface area (Å²) < 4.78 is 4.88. The van der Waals surface area contributed by atoms with Gasteiger partial charge in [-0.25, -0.2) is 9.97 Å². The number of hydrogen-bond donors (Lipinski definition) is 1. The van der Waals surface area contributed by atoms with Gasteiger partial charge in [-0.05, 0) is 6.92 Å². The zero-order chi connectivity index (χ0) is 11.4. The van der Waals surface area contributed by atoms with Crippen LogP contribution in [0.15, 0.2) is 17.9 Å². The molecule has 2 aromatic heterocycles. The minimum absolute atomic E-state index is 0.188. The summed E-state index contributed by atoms with van der Waals surface area (Å²) in [6, 6.07) is 0. The molecule has 5 nitrogen and oxygen atoms in total. The normalized spacial score (nSPS) is 10.3. The molecule has 84 valence electrons. The molecule has 0 spiro atoms. The van der Waals surface area contributed by atoms with E-state index in [1.165, 1.54) is 11.3 Å². The summed E-state index contributed by atoms with van der Waals surface area (Å²) in [6.07, 6.45) is 3.60. The Morgan fingerprint density at radius 2 is 2.44 bits per heavy atom. The lowest BCUT2D eigenvalue weighted by Crippen LogP contribution is -2.08. The molecule has 16 heavy (non-hydrogen) atoms. The van der Waals surface area contributed by atoms with E-state index in [9.17, 15) is 4.79 Å². The summed E-state index contributed by atoms with van der Waals surface area (Å²) in [5.74, 6) is 0.475. The molecule has 0 saturated carbocycles. The number of H-pyrrole nitrogens is 1. The van der Waals surface area contributed by atoms with Crippen LogP contribution in [0.1, 0.15) is 12.6 Å². The molecule has 0 aliphatic carbocycles. The highest BCUT2D eigenvalue weighted by Gasteiger charge is 2.14. The molecule has 0 aliphatic heterocycles. The van der Waals surface area contributed by atoms with Gasteiger partial charge in [0.05, 0.1) is 29.1 Å². The smallest absolute Gasteiger partial charge is 0.311 e. The van der Waals surface area contributed by atoms with Crippen LogP contribution in [0.5, 0.6) is 0 Å². The van der Waals surface area contributed by atoms with E-state index in [0.29, 0.717) is 12.3 Å². The number of nitrogens with zero attached hydrogens (tertiary/aromatic N) is 2. The average Bonchev–Trinajstić information content (AvgIpc) is 2.86. The van der Waals surface area contributed by atoms with E-state index in [-0.39, 0.29) is 12.4 Å². The molecule has 0 saturated heterocycles. The number of imidazole rings is 1. The highest BCUT2D eigenvalue weighted by Crippen LogP contribution is 2.24. The molecular formula is C10H11N3O2S. The molecule has 0 radical (unpaired) electrons. The molecule has 0 bridgehead atoms. The summed E-state index contributed by atoms with van der Waals surface area (Å²) in [4.78, 5) is 23.5. The Morgan fingerprint density at radius 1 is 1.56 bits per heavy atom. The average molecular weight is 237 g/mol. The maximum atomic E-state index is 11.3. The Bertz CT molecular complexity index is 464. The Labute approximate surface area is 96.5 Å². The van der Waals surface area contributed by atoms with Gasteiger partial charge in [0.25, 0.3) is 0 Å². The van der Waals surface area contributed by atoms with Crippen LogP contribution < -0.4 is 0 Å². The van der Waals surface area contributed by atoms with Crippen molar-refractivity contribution in [3.8, 4) is 10.7 Å². The number of esters is 1. The van der Waals surface area contributed by atoms with Crippen molar-refractivity contribution in [1.29, 1.82) is 0 Å². The number of carbonyl (C=O) groups excluding carboxylic acids is 1. The molecule has 6 heteroatoms. The van der Waals surface area contributed by atoms with Crippen LogP contribution in [-0.4, -0.2) is 27.5 Å². The van der Waals surface area contributed by atoms with Crippen LogP contribution in [0.3, 0.4) is 0 Å². The summed E-state index contributed by atoms with van der Waals surface area (Å²) in [5.41, 5.74) is 2.41. The molecule has 0 unspecified atom stereocenters. The van der Waals surface area contributed by atoms with Gasteiger partial charge >= 0.3 is 5.97 Å². The Balaban J connectivity index is 2.17. The van der Waals surface area contributed by atoms with E-state index in [1.54, 1.807) is 24.8 Å². The third kappa shape index (κ3) is 2.27. The molecule has 1 N–H and O–H groups in total. The second kappa shape index (κ2) is 4.89. The van der Waals surface area contributed by atoms with Crippen molar-refractivity contribution >= 4 is 17.3 Å². The molecule has 2 aromatic rings. The van der Waals surface area contributed by atoms with E-state index >= 15 is 0 Å². The van der Waals surface area contributed by atoms with Gasteiger partial charge in [0.1, 0.15) is 5.82 Å². The van der Waals surface area contributed by atoms with E-state index in [2.05, 4.69) is 15.0 Å². The number of thiazole rings is 1. The monoisotopic (exact) mass is 237 g/mol. The molecule has 0 amide bonds. The first-order valence-corrected chi connectivity index (χ1v) is 5.77. The lowest BCUT2D eigenvalue weighted by atomic mass is 10.2. The first-order chi connectivity index (χ1) is 7.81. The fourth-order valence-corrected chi connectivity index (χ4v) is 2.10. The van der Waals surface area contributed by atoms with Crippen molar-refractivity contribution in [2.24, 2.45) is 0 Å². The van der Waals surface area contributed by atoms with Gasteiger partial charge in [-0.3, -0.25) is 4.79 Å². The van der Waals surface area contributed by atoms with Crippen LogP contribution in [-0.2, 0) is 16.0 Å². The highest BCUT2D eigenvalue weighted by molar-refractivity contribution is 7.13. The van der Waals surface area contributed by atoms with Crippen LogP contribution >= 0.6 is 11.3 Å². The van der Waals surface area contributed by atoms with Crippen molar-refractivity contribution < 1.29 is 9.53 Å². The van der Waals surface area contributed by atoms with Gasteiger partial charge in [-0.15, -0.1) is 11.3 Å². The lowest BCUT2D eigenvalue weighted by molar-refractivity contribution is -0.142. The summed E-state index contributed by atoms with van der Waals surface area (Å²) in [6.45, 7) is 2.17. The first-order valence-electron chi connectivity index (χ1n) is 4.89. The quantitative estimate of drug-likeness (QED) is 0.821. The molecule has 0 aromatic carbocycles. The molecule has 0 fully saturated rings. The van der Waals surface area contributed by atoms with Crippen molar-refractivity contribution in [3.63, 3.8) is 0 Å². The van der Waals surface area contributed by atoms with Crippen LogP contribution in [0.25, 0.3) is 10.7 Å². The maximum absolute atomic E-state index is 11.3. The topological polar surface area (TPSA) is 67.9 Å². The van der Waals surface area contributed by atoms with Gasteiger partial charge in [0.2, 0.25) is 0 Å². The number of rotatable bonds is 4. The Morgan fingerprint density at radius 3 is 3.12 bits per heavy atom. The fourth-order valence-electron chi connectivity index (χ4n) is 1.33. The van der Waals surface area contributed by atoms with Gasteiger partial charge in [-0.2, -0.15) is 0 Å². The van der Waals surface area contributed by atoms with Crippen LogP contribution in [0, 0.1) is 0 Å². The largest absolute Gasteiger partial charge is 0.466 e. The van der Waals surface area contributed by atoms with E-state index in [0.717, 1.165) is 10.7 Å². The van der Waals surface area contributed by atoms with Gasteiger partial charge < -0.3 is 9.72 Å². The number of carbonyl (C=O) groups is 1. The standard InChI is InChI=1S/C10H11N3O2S/c1-2-15-8(14)5-7-9(16-6-13-7)10-11-3-4-12-10/h3-4,6H,2,5H2,1H3,(H,11,12). The number of aromatic amines is 1. The number of nitrogens with one attached hydrogen (secondary N) is 1. The van der Waals surface area contributed by atoms with Crippen molar-refractivity contribution in [2.75, 3.05) is 6.61 Å². The zero-order valence-electron chi connectivity index (χ0n) is 8.77. The zero-order valence-corrected chi connectivity index (χ0v) is 9.58. The van der Waals surface area contributed by atoms with Gasteiger partial charge in [0.15, 0.2) is 0 Å². The third-order valence-corrected chi connectivity index (χ3v) is 2.85. The molecule has 2 heterocycles.